The van der Waals surface area contributed by atoms with Crippen LogP contribution in [-0.2, 0) is 6.61 Å². The van der Waals surface area contributed by atoms with E-state index in [0.717, 1.165) is 22.8 Å². The number of carbonyl (C=O) groups is 1. The van der Waals surface area contributed by atoms with Crippen molar-refractivity contribution < 1.29 is 19.0 Å². The molecule has 0 saturated heterocycles. The first-order chi connectivity index (χ1) is 9.44. The van der Waals surface area contributed by atoms with E-state index in [1.165, 1.54) is 12.1 Å². The van der Waals surface area contributed by atoms with Crippen molar-refractivity contribution in [2.24, 2.45) is 0 Å². The molecule has 0 heterocycles. The first-order valence-corrected chi connectivity index (χ1v) is 6.18. The van der Waals surface area contributed by atoms with Crippen LogP contribution in [0.25, 0.3) is 0 Å². The maximum absolute atomic E-state index is 13.3. The van der Waals surface area contributed by atoms with Crippen LogP contribution in [-0.4, -0.2) is 11.1 Å². The fourth-order valence-electron chi connectivity index (χ4n) is 2.09. The molecule has 20 heavy (non-hydrogen) atoms. The van der Waals surface area contributed by atoms with Gasteiger partial charge in [-0.05, 0) is 31.5 Å². The van der Waals surface area contributed by atoms with Crippen LogP contribution in [0.3, 0.4) is 0 Å². The number of rotatable bonds is 4. The molecule has 2 aromatic rings. The maximum atomic E-state index is 13.3. The SMILES string of the molecule is Cc1cc(C)cc(COc2cc(F)cc(C(=O)O)c2)c1. The van der Waals surface area contributed by atoms with Gasteiger partial charge < -0.3 is 9.84 Å². The van der Waals surface area contributed by atoms with Gasteiger partial charge in [0.05, 0.1) is 5.56 Å². The number of hydrogen-bond acceptors (Lipinski definition) is 2. The predicted molar refractivity (Wildman–Crippen MR) is 73.6 cm³/mol. The Hall–Kier alpha value is -2.36. The second-order valence-corrected chi connectivity index (χ2v) is 4.77. The fourth-order valence-corrected chi connectivity index (χ4v) is 2.09. The van der Waals surface area contributed by atoms with E-state index in [1.54, 1.807) is 0 Å². The zero-order valence-corrected chi connectivity index (χ0v) is 11.3. The molecule has 0 fully saturated rings. The first kappa shape index (κ1) is 14.1. The van der Waals surface area contributed by atoms with Gasteiger partial charge in [0.1, 0.15) is 18.2 Å². The molecule has 0 aliphatic heterocycles. The number of carboxylic acid groups (broad SMARTS) is 1. The highest BCUT2D eigenvalue weighted by atomic mass is 19.1. The summed E-state index contributed by atoms with van der Waals surface area (Å²) < 4.78 is 18.8. The Kier molecular flexibility index (Phi) is 4.03. The number of aryl methyl sites for hydroxylation is 2. The van der Waals surface area contributed by atoms with E-state index in [-0.39, 0.29) is 17.9 Å². The number of hydrogen-bond donors (Lipinski definition) is 1. The summed E-state index contributed by atoms with van der Waals surface area (Å²) in [5.74, 6) is -1.59. The van der Waals surface area contributed by atoms with Gasteiger partial charge in [-0.3, -0.25) is 0 Å². The minimum absolute atomic E-state index is 0.125. The third kappa shape index (κ3) is 3.57. The minimum Gasteiger partial charge on any atom is -0.489 e. The third-order valence-corrected chi connectivity index (χ3v) is 2.81. The van der Waals surface area contributed by atoms with Gasteiger partial charge in [0.15, 0.2) is 0 Å². The lowest BCUT2D eigenvalue weighted by Gasteiger charge is -2.09. The van der Waals surface area contributed by atoms with Gasteiger partial charge in [-0.15, -0.1) is 0 Å². The van der Waals surface area contributed by atoms with Gasteiger partial charge in [0.25, 0.3) is 0 Å². The van der Waals surface area contributed by atoms with Gasteiger partial charge in [-0.25, -0.2) is 9.18 Å². The monoisotopic (exact) mass is 274 g/mol. The number of carboxylic acids is 1. The molecule has 2 rings (SSSR count). The van der Waals surface area contributed by atoms with Crippen LogP contribution >= 0.6 is 0 Å². The Labute approximate surface area is 116 Å². The topological polar surface area (TPSA) is 46.5 Å². The molecule has 0 aliphatic rings. The smallest absolute Gasteiger partial charge is 0.335 e. The summed E-state index contributed by atoms with van der Waals surface area (Å²) in [4.78, 5) is 10.8. The van der Waals surface area contributed by atoms with Crippen LogP contribution in [0.2, 0.25) is 0 Å². The molecule has 2 aromatic carbocycles. The summed E-state index contributed by atoms with van der Waals surface area (Å²) in [7, 11) is 0. The van der Waals surface area contributed by atoms with Gasteiger partial charge in [-0.2, -0.15) is 0 Å². The Morgan fingerprint density at radius 3 is 2.35 bits per heavy atom. The van der Waals surface area contributed by atoms with Gasteiger partial charge in [0.2, 0.25) is 0 Å². The molecule has 0 radical (unpaired) electrons. The number of halogens is 1. The van der Waals surface area contributed by atoms with Crippen molar-refractivity contribution in [3.8, 4) is 5.75 Å². The van der Waals surface area contributed by atoms with Gasteiger partial charge in [0, 0.05) is 6.07 Å². The summed E-state index contributed by atoms with van der Waals surface area (Å²) in [6, 6.07) is 9.46. The van der Waals surface area contributed by atoms with Crippen molar-refractivity contribution in [1.82, 2.24) is 0 Å². The average molecular weight is 274 g/mol. The Balaban J connectivity index is 2.16. The zero-order chi connectivity index (χ0) is 14.7. The van der Waals surface area contributed by atoms with E-state index < -0.39 is 11.8 Å². The van der Waals surface area contributed by atoms with Gasteiger partial charge in [-0.1, -0.05) is 29.3 Å². The van der Waals surface area contributed by atoms with E-state index in [4.69, 9.17) is 9.84 Å². The fraction of sp³-hybridized carbons (Fsp3) is 0.188. The molecule has 3 nitrogen and oxygen atoms in total. The second kappa shape index (κ2) is 5.74. The van der Waals surface area contributed by atoms with E-state index in [9.17, 15) is 9.18 Å². The summed E-state index contributed by atoms with van der Waals surface area (Å²) in [5, 5.41) is 8.87. The predicted octanol–water partition coefficient (Wildman–Crippen LogP) is 3.72. The molecule has 1 N–H and O–H groups in total. The van der Waals surface area contributed by atoms with Crippen molar-refractivity contribution in [2.75, 3.05) is 0 Å². The van der Waals surface area contributed by atoms with Crippen LogP contribution in [0.15, 0.2) is 36.4 Å². The van der Waals surface area contributed by atoms with Crippen molar-refractivity contribution >= 4 is 5.97 Å². The second-order valence-electron chi connectivity index (χ2n) is 4.77. The van der Waals surface area contributed by atoms with Crippen molar-refractivity contribution in [3.63, 3.8) is 0 Å². The molecule has 104 valence electrons. The lowest BCUT2D eigenvalue weighted by atomic mass is 10.1. The van der Waals surface area contributed by atoms with Crippen molar-refractivity contribution in [2.45, 2.75) is 20.5 Å². The van der Waals surface area contributed by atoms with E-state index in [0.29, 0.717) is 0 Å². The van der Waals surface area contributed by atoms with Crippen molar-refractivity contribution in [1.29, 1.82) is 0 Å². The van der Waals surface area contributed by atoms with E-state index in [2.05, 4.69) is 0 Å². The molecule has 0 saturated carbocycles. The van der Waals surface area contributed by atoms with Gasteiger partial charge >= 0.3 is 5.97 Å². The Morgan fingerprint density at radius 2 is 1.75 bits per heavy atom. The highest BCUT2D eigenvalue weighted by Crippen LogP contribution is 2.18. The largest absolute Gasteiger partial charge is 0.489 e. The third-order valence-electron chi connectivity index (χ3n) is 2.81. The molecule has 0 bridgehead atoms. The zero-order valence-electron chi connectivity index (χ0n) is 11.3. The molecular weight excluding hydrogens is 259 g/mol. The van der Waals surface area contributed by atoms with Crippen LogP contribution in [0.1, 0.15) is 27.0 Å². The molecule has 0 amide bonds. The summed E-state index contributed by atoms with van der Waals surface area (Å²) in [5.41, 5.74) is 3.08. The highest BCUT2D eigenvalue weighted by Gasteiger charge is 2.08. The lowest BCUT2D eigenvalue weighted by molar-refractivity contribution is 0.0695. The lowest BCUT2D eigenvalue weighted by Crippen LogP contribution is -2.01. The van der Waals surface area contributed by atoms with Crippen LogP contribution in [0.4, 0.5) is 4.39 Å². The number of ether oxygens (including phenoxy) is 1. The van der Waals surface area contributed by atoms with E-state index >= 15 is 0 Å². The Morgan fingerprint density at radius 1 is 1.10 bits per heavy atom. The molecular formula is C16H15FO3. The Bertz CT molecular complexity index is 630. The van der Waals surface area contributed by atoms with E-state index in [1.807, 2.05) is 32.0 Å². The van der Waals surface area contributed by atoms with Crippen molar-refractivity contribution in [3.05, 3.63) is 64.5 Å². The summed E-state index contributed by atoms with van der Waals surface area (Å²) in [6.07, 6.45) is 0. The average Bonchev–Trinajstić information content (AvgIpc) is 2.34. The van der Waals surface area contributed by atoms with Crippen LogP contribution in [0.5, 0.6) is 5.75 Å². The molecule has 0 aliphatic carbocycles. The first-order valence-electron chi connectivity index (χ1n) is 6.18. The number of aromatic carboxylic acids is 1. The van der Waals surface area contributed by atoms with Crippen LogP contribution < -0.4 is 4.74 Å². The molecule has 0 unspecified atom stereocenters. The molecule has 0 atom stereocenters. The number of benzene rings is 2. The summed E-state index contributed by atoms with van der Waals surface area (Å²) in [6.45, 7) is 4.24. The normalized spacial score (nSPS) is 10.3. The highest BCUT2D eigenvalue weighted by molar-refractivity contribution is 5.88. The van der Waals surface area contributed by atoms with Crippen LogP contribution in [0, 0.1) is 19.7 Å². The molecule has 0 spiro atoms. The standard InChI is InChI=1S/C16H15FO3/c1-10-3-11(2)5-12(4-10)9-20-15-7-13(16(18)19)6-14(17)8-15/h3-8H,9H2,1-2H3,(H,18,19). The summed E-state index contributed by atoms with van der Waals surface area (Å²) >= 11 is 0. The molecule has 0 aromatic heterocycles. The minimum atomic E-state index is -1.18. The molecule has 4 heteroatoms. The quantitative estimate of drug-likeness (QED) is 0.924. The maximum Gasteiger partial charge on any atom is 0.335 e.